The lowest BCUT2D eigenvalue weighted by Gasteiger charge is -2.17. The zero-order chi connectivity index (χ0) is 20.0. The van der Waals surface area contributed by atoms with Crippen LogP contribution in [0.5, 0.6) is 0 Å². The topological polar surface area (TPSA) is 207 Å². The van der Waals surface area contributed by atoms with Gasteiger partial charge in [0.15, 0.2) is 17.0 Å². The van der Waals surface area contributed by atoms with Gasteiger partial charge in [0.1, 0.15) is 30.2 Å². The summed E-state index contributed by atoms with van der Waals surface area (Å²) in [4.78, 5) is 38.1. The van der Waals surface area contributed by atoms with Crippen LogP contribution in [0.3, 0.4) is 0 Å². The first-order valence-electron chi connectivity index (χ1n) is 7.07. The zero-order valence-electron chi connectivity index (χ0n) is 13.0. The number of aliphatic hydroxyl groups is 2. The second-order valence-electron chi connectivity index (χ2n) is 5.37. The first-order valence-corrected chi connectivity index (χ1v) is 10.5. The highest BCUT2D eigenvalue weighted by atomic mass is 35.5. The van der Waals surface area contributed by atoms with Gasteiger partial charge in [-0.1, -0.05) is 11.6 Å². The summed E-state index contributed by atoms with van der Waals surface area (Å²) in [6.07, 6.45) is -3.22. The van der Waals surface area contributed by atoms with Gasteiger partial charge in [-0.15, -0.1) is 0 Å². The standard InChI is InChI=1S/C10H13ClN4O10P2/c11-8-5-9(13-2-12-8)15(3-14-5)10-7(17)6(16)4(24-10)1-23-27(21,22)25-26(18,19)20/h2-4,6-7,10,16-17H,1H2,(H,21,22)(H2,18,19,20). The van der Waals surface area contributed by atoms with Crippen molar-refractivity contribution in [1.29, 1.82) is 0 Å². The van der Waals surface area contributed by atoms with Gasteiger partial charge in [0.2, 0.25) is 0 Å². The molecule has 1 aliphatic heterocycles. The van der Waals surface area contributed by atoms with E-state index < -0.39 is 46.8 Å². The van der Waals surface area contributed by atoms with Crippen LogP contribution < -0.4 is 0 Å². The molecule has 150 valence electrons. The van der Waals surface area contributed by atoms with Crippen LogP contribution in [-0.4, -0.2) is 69.3 Å². The molecule has 3 rings (SSSR count). The minimum Gasteiger partial charge on any atom is -0.387 e. The largest absolute Gasteiger partial charge is 0.481 e. The monoisotopic (exact) mass is 446 g/mol. The fourth-order valence-corrected chi connectivity index (χ4v) is 4.21. The Hall–Kier alpha value is -1.02. The molecule has 0 radical (unpaired) electrons. The predicted molar refractivity (Wildman–Crippen MR) is 85.2 cm³/mol. The fourth-order valence-electron chi connectivity index (χ4n) is 2.43. The van der Waals surface area contributed by atoms with Crippen molar-refractivity contribution in [3.05, 3.63) is 17.8 Å². The predicted octanol–water partition coefficient (Wildman–Crippen LogP) is -0.675. The third-order valence-corrected chi connectivity index (χ3v) is 5.97. The summed E-state index contributed by atoms with van der Waals surface area (Å²) >= 11 is 5.89. The molecule has 5 N–H and O–H groups in total. The van der Waals surface area contributed by atoms with Crippen molar-refractivity contribution in [3.8, 4) is 0 Å². The van der Waals surface area contributed by atoms with Gasteiger partial charge in [0.25, 0.3) is 0 Å². The molecule has 0 aromatic carbocycles. The van der Waals surface area contributed by atoms with Gasteiger partial charge in [-0.3, -0.25) is 9.09 Å². The molecule has 3 heterocycles. The van der Waals surface area contributed by atoms with Crippen LogP contribution in [0.1, 0.15) is 6.23 Å². The molecule has 2 aromatic heterocycles. The third-order valence-electron chi connectivity index (χ3n) is 3.54. The number of aromatic nitrogens is 4. The number of hydrogen-bond donors (Lipinski definition) is 5. The van der Waals surface area contributed by atoms with E-state index in [0.29, 0.717) is 0 Å². The van der Waals surface area contributed by atoms with Crippen LogP contribution in [0.25, 0.3) is 11.2 Å². The molecule has 0 bridgehead atoms. The second kappa shape index (κ2) is 7.43. The van der Waals surface area contributed by atoms with Gasteiger partial charge in [-0.25, -0.2) is 24.1 Å². The molecule has 5 atom stereocenters. The molecule has 1 aliphatic rings. The third kappa shape index (κ3) is 4.53. The molecular formula is C10H13ClN4O10P2. The molecule has 0 spiro atoms. The molecule has 17 heteroatoms. The summed E-state index contributed by atoms with van der Waals surface area (Å²) in [7, 11) is -10.4. The first-order chi connectivity index (χ1) is 12.5. The van der Waals surface area contributed by atoms with Crippen molar-refractivity contribution in [3.63, 3.8) is 0 Å². The number of phosphoric acid groups is 2. The lowest BCUT2D eigenvalue weighted by molar-refractivity contribution is -0.0503. The maximum absolute atomic E-state index is 11.5. The number of aliphatic hydroxyl groups excluding tert-OH is 2. The van der Waals surface area contributed by atoms with Crippen LogP contribution >= 0.6 is 27.2 Å². The smallest absolute Gasteiger partial charge is 0.387 e. The maximum atomic E-state index is 11.5. The Morgan fingerprint density at radius 1 is 1.19 bits per heavy atom. The SMILES string of the molecule is O=P(O)(O)OP(=O)(O)OCC1OC(n2cnc3c(Cl)ncnc32)C(O)C1O. The van der Waals surface area contributed by atoms with E-state index in [-0.39, 0.29) is 16.3 Å². The van der Waals surface area contributed by atoms with Gasteiger partial charge in [-0.05, 0) is 0 Å². The molecule has 1 saturated heterocycles. The zero-order valence-corrected chi connectivity index (χ0v) is 15.6. The molecular weight excluding hydrogens is 434 g/mol. The highest BCUT2D eigenvalue weighted by molar-refractivity contribution is 7.60. The van der Waals surface area contributed by atoms with Gasteiger partial charge >= 0.3 is 15.6 Å². The van der Waals surface area contributed by atoms with E-state index in [9.17, 15) is 24.2 Å². The summed E-state index contributed by atoms with van der Waals surface area (Å²) < 4.78 is 36.8. The molecule has 0 aliphatic carbocycles. The van der Waals surface area contributed by atoms with E-state index in [2.05, 4.69) is 23.8 Å². The Bertz CT molecular complexity index is 936. The summed E-state index contributed by atoms with van der Waals surface area (Å²) in [5.41, 5.74) is 0.421. The lowest BCUT2D eigenvalue weighted by atomic mass is 10.1. The summed E-state index contributed by atoms with van der Waals surface area (Å²) in [6, 6.07) is 0. The van der Waals surface area contributed by atoms with Crippen LogP contribution in [0.2, 0.25) is 5.15 Å². The van der Waals surface area contributed by atoms with Crippen molar-refractivity contribution in [1.82, 2.24) is 19.5 Å². The Labute approximate surface area is 155 Å². The van der Waals surface area contributed by atoms with Crippen molar-refractivity contribution in [2.45, 2.75) is 24.5 Å². The fraction of sp³-hybridized carbons (Fsp3) is 0.500. The summed E-state index contributed by atoms with van der Waals surface area (Å²) in [6.45, 7) is -0.815. The molecule has 14 nitrogen and oxygen atoms in total. The highest BCUT2D eigenvalue weighted by Crippen LogP contribution is 2.57. The Morgan fingerprint density at radius 3 is 2.56 bits per heavy atom. The van der Waals surface area contributed by atoms with Crippen LogP contribution in [0, 0.1) is 0 Å². The normalized spacial score (nSPS) is 28.5. The van der Waals surface area contributed by atoms with Gasteiger partial charge in [0.05, 0.1) is 12.9 Å². The number of rotatable bonds is 6. The quantitative estimate of drug-likeness (QED) is 0.276. The van der Waals surface area contributed by atoms with Crippen molar-refractivity contribution >= 4 is 38.4 Å². The minimum absolute atomic E-state index is 0.0578. The van der Waals surface area contributed by atoms with Gasteiger partial charge < -0.3 is 29.6 Å². The van der Waals surface area contributed by atoms with Crippen LogP contribution in [0.15, 0.2) is 12.7 Å². The number of halogens is 1. The highest BCUT2D eigenvalue weighted by Gasteiger charge is 2.46. The maximum Gasteiger partial charge on any atom is 0.481 e. The van der Waals surface area contributed by atoms with E-state index in [1.54, 1.807) is 0 Å². The van der Waals surface area contributed by atoms with Gasteiger partial charge in [0, 0.05) is 0 Å². The molecule has 2 aromatic rings. The Kier molecular flexibility index (Phi) is 5.70. The molecule has 5 unspecified atom stereocenters. The van der Waals surface area contributed by atoms with E-state index in [1.807, 2.05) is 0 Å². The summed E-state index contributed by atoms with van der Waals surface area (Å²) in [5.74, 6) is 0. The number of imidazole rings is 1. The van der Waals surface area contributed by atoms with Crippen LogP contribution in [-0.2, 0) is 22.7 Å². The molecule has 1 fully saturated rings. The number of fused-ring (bicyclic) bond motifs is 1. The second-order valence-corrected chi connectivity index (χ2v) is 8.56. The van der Waals surface area contributed by atoms with Crippen molar-refractivity contribution < 1.29 is 47.6 Å². The van der Waals surface area contributed by atoms with Crippen molar-refractivity contribution in [2.75, 3.05) is 6.61 Å². The van der Waals surface area contributed by atoms with Gasteiger partial charge in [-0.2, -0.15) is 4.31 Å². The Morgan fingerprint density at radius 2 is 1.89 bits per heavy atom. The average Bonchev–Trinajstić information content (AvgIpc) is 3.07. The lowest BCUT2D eigenvalue weighted by Crippen LogP contribution is -2.33. The first kappa shape index (κ1) is 20.7. The van der Waals surface area contributed by atoms with E-state index in [0.717, 1.165) is 6.33 Å². The number of nitrogens with zero attached hydrogens (tertiary/aromatic N) is 4. The minimum atomic E-state index is -5.29. The Balaban J connectivity index is 1.75. The van der Waals surface area contributed by atoms with Crippen molar-refractivity contribution in [2.24, 2.45) is 0 Å². The van der Waals surface area contributed by atoms with E-state index >= 15 is 0 Å². The van der Waals surface area contributed by atoms with Crippen LogP contribution in [0.4, 0.5) is 0 Å². The molecule has 0 saturated carbocycles. The average molecular weight is 447 g/mol. The number of ether oxygens (including phenoxy) is 1. The molecule has 27 heavy (non-hydrogen) atoms. The molecule has 0 amide bonds. The van der Waals surface area contributed by atoms with E-state index in [4.69, 9.17) is 26.1 Å². The van der Waals surface area contributed by atoms with E-state index in [1.165, 1.54) is 10.9 Å². The number of phosphoric ester groups is 1. The summed E-state index contributed by atoms with van der Waals surface area (Å²) in [5, 5.41) is 20.3. The number of hydrogen-bond acceptors (Lipinski definition) is 10.